The van der Waals surface area contributed by atoms with Gasteiger partial charge >= 0.3 is 5.69 Å². The molecule has 0 bridgehead atoms. The number of aryl methyl sites for hydroxylation is 1. The second-order valence-electron chi connectivity index (χ2n) is 8.03. The average Bonchev–Trinajstić information content (AvgIpc) is 3.60. The highest BCUT2D eigenvalue weighted by molar-refractivity contribution is 7.20. The molecule has 3 aromatic heterocycles. The van der Waals surface area contributed by atoms with Gasteiger partial charge in [-0.25, -0.2) is 4.79 Å². The SMILES string of the molecule is COc1cccc(CNC(=O)c2cc3c(=O)n(Cc4cccc(-c5nn[nH]n5)c4)c(=O)n(C)c3s2)c1. The van der Waals surface area contributed by atoms with Gasteiger partial charge in [0.15, 0.2) is 0 Å². The van der Waals surface area contributed by atoms with E-state index < -0.39 is 11.2 Å². The predicted octanol–water partition coefficient (Wildman–Crippen LogP) is 1.93. The number of hydrogen-bond donors (Lipinski definition) is 2. The zero-order valence-electron chi connectivity index (χ0n) is 19.4. The lowest BCUT2D eigenvalue weighted by Gasteiger charge is -2.09. The molecule has 0 radical (unpaired) electrons. The Kier molecular flexibility index (Phi) is 6.17. The summed E-state index contributed by atoms with van der Waals surface area (Å²) in [6.07, 6.45) is 0. The number of amides is 1. The van der Waals surface area contributed by atoms with Gasteiger partial charge in [-0.3, -0.25) is 18.7 Å². The predicted molar refractivity (Wildman–Crippen MR) is 134 cm³/mol. The van der Waals surface area contributed by atoms with Gasteiger partial charge in [0, 0.05) is 19.2 Å². The summed E-state index contributed by atoms with van der Waals surface area (Å²) >= 11 is 1.10. The first kappa shape index (κ1) is 23.2. The molecular weight excluding hydrogens is 482 g/mol. The monoisotopic (exact) mass is 503 g/mol. The Morgan fingerprint density at radius 1 is 1.11 bits per heavy atom. The van der Waals surface area contributed by atoms with E-state index in [4.69, 9.17) is 4.74 Å². The van der Waals surface area contributed by atoms with Gasteiger partial charge in [-0.05, 0) is 40.6 Å². The molecule has 0 fully saturated rings. The Hall–Kier alpha value is -4.58. The van der Waals surface area contributed by atoms with Gasteiger partial charge in [0.1, 0.15) is 10.6 Å². The van der Waals surface area contributed by atoms with Crippen molar-refractivity contribution in [1.82, 2.24) is 35.1 Å². The smallest absolute Gasteiger partial charge is 0.332 e. The van der Waals surface area contributed by atoms with Gasteiger partial charge in [-0.2, -0.15) is 5.21 Å². The van der Waals surface area contributed by atoms with Gasteiger partial charge < -0.3 is 10.1 Å². The Labute approximate surface area is 208 Å². The molecule has 5 aromatic rings. The highest BCUT2D eigenvalue weighted by Gasteiger charge is 2.18. The molecule has 2 aromatic carbocycles. The molecule has 0 saturated carbocycles. The summed E-state index contributed by atoms with van der Waals surface area (Å²) in [5.74, 6) is 0.780. The molecule has 0 aliphatic rings. The normalized spacial score (nSPS) is 11.1. The largest absolute Gasteiger partial charge is 0.497 e. The fourth-order valence-electron chi connectivity index (χ4n) is 3.86. The molecule has 0 spiro atoms. The van der Waals surface area contributed by atoms with E-state index in [1.54, 1.807) is 26.3 Å². The van der Waals surface area contributed by atoms with Crippen LogP contribution < -0.4 is 21.3 Å². The van der Waals surface area contributed by atoms with Crippen LogP contribution in [0, 0.1) is 0 Å². The summed E-state index contributed by atoms with van der Waals surface area (Å²) in [7, 11) is 3.17. The number of nitrogens with zero attached hydrogens (tertiary/aromatic N) is 5. The second-order valence-corrected chi connectivity index (χ2v) is 9.06. The minimum atomic E-state index is -0.470. The van der Waals surface area contributed by atoms with Crippen LogP contribution in [-0.4, -0.2) is 42.8 Å². The zero-order valence-corrected chi connectivity index (χ0v) is 20.2. The number of carbonyl (C=O) groups excluding carboxylic acids is 1. The highest BCUT2D eigenvalue weighted by Crippen LogP contribution is 2.22. The van der Waals surface area contributed by atoms with Gasteiger partial charge in [0.2, 0.25) is 5.82 Å². The minimum Gasteiger partial charge on any atom is -0.497 e. The molecule has 0 aliphatic heterocycles. The molecule has 36 heavy (non-hydrogen) atoms. The number of carbonyl (C=O) groups is 1. The number of tetrazole rings is 1. The third kappa shape index (κ3) is 4.41. The van der Waals surface area contributed by atoms with E-state index in [1.807, 2.05) is 36.4 Å². The van der Waals surface area contributed by atoms with E-state index in [0.29, 0.717) is 38.8 Å². The fraction of sp³-hybridized carbons (Fsp3) is 0.167. The number of aromatic amines is 1. The number of thiophene rings is 1. The fourth-order valence-corrected chi connectivity index (χ4v) is 4.88. The average molecular weight is 504 g/mol. The van der Waals surface area contributed by atoms with Crippen molar-refractivity contribution in [2.75, 3.05) is 7.11 Å². The molecule has 5 rings (SSSR count). The lowest BCUT2D eigenvalue weighted by molar-refractivity contribution is 0.0955. The molecule has 0 aliphatic carbocycles. The molecule has 11 nitrogen and oxygen atoms in total. The summed E-state index contributed by atoms with van der Waals surface area (Å²) in [4.78, 5) is 39.9. The first-order valence-electron chi connectivity index (χ1n) is 10.9. The van der Waals surface area contributed by atoms with Crippen LogP contribution in [0.1, 0.15) is 20.8 Å². The molecule has 3 heterocycles. The van der Waals surface area contributed by atoms with Gasteiger partial charge in [-0.15, -0.1) is 21.5 Å². The van der Waals surface area contributed by atoms with E-state index in [-0.39, 0.29) is 12.5 Å². The maximum atomic E-state index is 13.3. The topological polar surface area (TPSA) is 137 Å². The first-order chi connectivity index (χ1) is 17.4. The van der Waals surface area contributed by atoms with Crippen LogP contribution in [-0.2, 0) is 20.1 Å². The van der Waals surface area contributed by atoms with Crippen molar-refractivity contribution in [2.24, 2.45) is 7.05 Å². The molecule has 0 saturated heterocycles. The van der Waals surface area contributed by atoms with E-state index in [9.17, 15) is 14.4 Å². The van der Waals surface area contributed by atoms with E-state index in [2.05, 4.69) is 25.9 Å². The van der Waals surface area contributed by atoms with Crippen molar-refractivity contribution in [3.05, 3.63) is 91.4 Å². The molecular formula is C24H21N7O4S. The molecule has 2 N–H and O–H groups in total. The maximum Gasteiger partial charge on any atom is 0.332 e. The number of benzene rings is 2. The number of hydrogen-bond acceptors (Lipinski definition) is 8. The van der Waals surface area contributed by atoms with E-state index in [0.717, 1.165) is 27.0 Å². The number of ether oxygens (including phenoxy) is 1. The van der Waals surface area contributed by atoms with Crippen LogP contribution >= 0.6 is 11.3 Å². The highest BCUT2D eigenvalue weighted by atomic mass is 32.1. The van der Waals surface area contributed by atoms with Crippen LogP contribution in [0.25, 0.3) is 21.6 Å². The number of rotatable bonds is 7. The van der Waals surface area contributed by atoms with Gasteiger partial charge in [0.05, 0.1) is 23.9 Å². The molecule has 0 atom stereocenters. The molecule has 182 valence electrons. The van der Waals surface area contributed by atoms with Gasteiger partial charge in [0.25, 0.3) is 11.5 Å². The Bertz CT molecular complexity index is 1690. The summed E-state index contributed by atoms with van der Waals surface area (Å²) in [5.41, 5.74) is 1.38. The van der Waals surface area contributed by atoms with Crippen LogP contribution in [0.2, 0.25) is 0 Å². The minimum absolute atomic E-state index is 0.0559. The molecule has 1 amide bonds. The number of aromatic nitrogens is 6. The lowest BCUT2D eigenvalue weighted by Crippen LogP contribution is -2.38. The third-order valence-corrected chi connectivity index (χ3v) is 6.90. The summed E-state index contributed by atoms with van der Waals surface area (Å²) in [5, 5.41) is 17.0. The van der Waals surface area contributed by atoms with Crippen LogP contribution in [0.4, 0.5) is 0 Å². The number of fused-ring (bicyclic) bond motifs is 1. The van der Waals surface area contributed by atoms with Crippen LogP contribution in [0.15, 0.2) is 64.2 Å². The van der Waals surface area contributed by atoms with Crippen LogP contribution in [0.5, 0.6) is 5.75 Å². The zero-order chi connectivity index (χ0) is 25.2. The lowest BCUT2D eigenvalue weighted by atomic mass is 10.1. The molecule has 0 unspecified atom stereocenters. The molecule has 12 heteroatoms. The first-order valence-corrected chi connectivity index (χ1v) is 11.7. The number of nitrogens with one attached hydrogen (secondary N) is 2. The summed E-state index contributed by atoms with van der Waals surface area (Å²) in [6.45, 7) is 0.352. The van der Waals surface area contributed by atoms with E-state index in [1.165, 1.54) is 10.6 Å². The second kappa shape index (κ2) is 9.58. The van der Waals surface area contributed by atoms with Crippen molar-refractivity contribution in [2.45, 2.75) is 13.1 Å². The summed E-state index contributed by atoms with van der Waals surface area (Å²) in [6, 6.07) is 16.1. The van der Waals surface area contributed by atoms with Crippen LogP contribution in [0.3, 0.4) is 0 Å². The standard InChI is InChI=1S/C24H21N7O4S/c1-30-23-18(11-19(36-23)21(32)25-12-14-5-4-8-17(10-14)35-2)22(33)31(24(30)34)13-15-6-3-7-16(9-15)20-26-28-29-27-20/h3-11H,12-13H2,1-2H3,(H,25,32)(H,26,27,28,29). The van der Waals surface area contributed by atoms with Gasteiger partial charge in [-0.1, -0.05) is 30.3 Å². The third-order valence-electron chi connectivity index (χ3n) is 5.69. The van der Waals surface area contributed by atoms with E-state index >= 15 is 0 Å². The van der Waals surface area contributed by atoms with Crippen molar-refractivity contribution in [1.29, 1.82) is 0 Å². The number of H-pyrrole nitrogens is 1. The number of methoxy groups -OCH3 is 1. The van der Waals surface area contributed by atoms with Crippen molar-refractivity contribution in [3.8, 4) is 17.1 Å². The van der Waals surface area contributed by atoms with Crippen molar-refractivity contribution < 1.29 is 9.53 Å². The Morgan fingerprint density at radius 2 is 1.92 bits per heavy atom. The van der Waals surface area contributed by atoms with Crippen molar-refractivity contribution in [3.63, 3.8) is 0 Å². The van der Waals surface area contributed by atoms with Crippen molar-refractivity contribution >= 4 is 27.5 Å². The quantitative estimate of drug-likeness (QED) is 0.346. The summed E-state index contributed by atoms with van der Waals surface area (Å²) < 4.78 is 7.76. The Morgan fingerprint density at radius 3 is 2.69 bits per heavy atom. The Balaban J connectivity index is 1.43. The maximum absolute atomic E-state index is 13.3.